The van der Waals surface area contributed by atoms with Crippen molar-refractivity contribution in [2.24, 2.45) is 0 Å². The fourth-order valence-electron chi connectivity index (χ4n) is 4.74. The van der Waals surface area contributed by atoms with E-state index in [0.29, 0.717) is 12.4 Å². The predicted molar refractivity (Wildman–Crippen MR) is 150 cm³/mol. The van der Waals surface area contributed by atoms with Gasteiger partial charge in [-0.3, -0.25) is 0 Å². The van der Waals surface area contributed by atoms with Crippen molar-refractivity contribution in [2.45, 2.75) is 161 Å². The molecule has 2 N–H and O–H groups in total. The molecular formula is C31H58O6. The van der Waals surface area contributed by atoms with Crippen LogP contribution in [0.15, 0.2) is 11.8 Å². The molecule has 0 radical (unpaired) electrons. The maximum atomic E-state index is 11.4. The van der Waals surface area contributed by atoms with Crippen molar-refractivity contribution in [3.63, 3.8) is 0 Å². The third-order valence-corrected chi connectivity index (χ3v) is 7.11. The van der Waals surface area contributed by atoms with E-state index in [1.165, 1.54) is 38.5 Å². The summed E-state index contributed by atoms with van der Waals surface area (Å²) in [6.45, 7) is 6.15. The van der Waals surface area contributed by atoms with Gasteiger partial charge in [0.2, 0.25) is 5.76 Å². The highest BCUT2D eigenvalue weighted by Crippen LogP contribution is 2.16. The van der Waals surface area contributed by atoms with Gasteiger partial charge in [-0.25, -0.2) is 4.79 Å². The molecule has 3 unspecified atom stereocenters. The van der Waals surface area contributed by atoms with Crippen LogP contribution >= 0.6 is 0 Å². The van der Waals surface area contributed by atoms with Gasteiger partial charge < -0.3 is 24.4 Å². The normalized spacial score (nSPS) is 17.0. The molecule has 0 amide bonds. The Morgan fingerprint density at radius 1 is 0.703 bits per heavy atom. The summed E-state index contributed by atoms with van der Waals surface area (Å²) in [5.74, 6) is -0.0123. The fraction of sp³-hybridized carbons (Fsp3) is 0.903. The first-order valence-corrected chi connectivity index (χ1v) is 15.5. The highest BCUT2D eigenvalue weighted by molar-refractivity contribution is 5.88. The van der Waals surface area contributed by atoms with Crippen LogP contribution < -0.4 is 0 Å². The summed E-state index contributed by atoms with van der Waals surface area (Å²) in [7, 11) is 0. The molecule has 6 nitrogen and oxygen atoms in total. The summed E-state index contributed by atoms with van der Waals surface area (Å²) in [5.41, 5.74) is 0. The molecule has 0 spiro atoms. The van der Waals surface area contributed by atoms with E-state index >= 15 is 0 Å². The molecule has 0 fully saturated rings. The summed E-state index contributed by atoms with van der Waals surface area (Å²) in [6, 6.07) is 0. The first-order chi connectivity index (χ1) is 18.0. The van der Waals surface area contributed by atoms with E-state index in [1.54, 1.807) is 6.08 Å². The number of aliphatic hydroxyl groups excluding tert-OH is 2. The third kappa shape index (κ3) is 20.5. The van der Waals surface area contributed by atoms with Gasteiger partial charge in [0.15, 0.2) is 0 Å². The number of carbonyl (C=O) groups is 1. The quantitative estimate of drug-likeness (QED) is 0.0857. The van der Waals surface area contributed by atoms with E-state index in [-0.39, 0.29) is 24.3 Å². The summed E-state index contributed by atoms with van der Waals surface area (Å²) >= 11 is 0. The van der Waals surface area contributed by atoms with Crippen molar-refractivity contribution in [2.75, 3.05) is 19.8 Å². The Morgan fingerprint density at radius 3 is 1.65 bits per heavy atom. The number of unbranched alkanes of at least 4 members (excludes halogenated alkanes) is 12. The molecule has 0 aromatic carbocycles. The zero-order chi connectivity index (χ0) is 27.0. The van der Waals surface area contributed by atoms with Crippen molar-refractivity contribution in [3.05, 3.63) is 11.8 Å². The van der Waals surface area contributed by atoms with Gasteiger partial charge in [-0.15, -0.1) is 0 Å². The van der Waals surface area contributed by atoms with Crippen LogP contribution in [-0.4, -0.2) is 54.3 Å². The average molecular weight is 527 g/mol. The van der Waals surface area contributed by atoms with Crippen LogP contribution in [0.4, 0.5) is 0 Å². The number of ether oxygens (including phenoxy) is 3. The van der Waals surface area contributed by atoms with Crippen molar-refractivity contribution >= 4 is 5.97 Å². The second-order valence-electron chi connectivity index (χ2n) is 10.9. The Bertz CT molecular complexity index is 564. The number of esters is 1. The highest BCUT2D eigenvalue weighted by Gasteiger charge is 2.23. The first-order valence-electron chi connectivity index (χ1n) is 15.5. The number of cyclic esters (lactones) is 1. The van der Waals surface area contributed by atoms with Gasteiger partial charge >= 0.3 is 5.97 Å². The lowest BCUT2D eigenvalue weighted by atomic mass is 10.0. The fourth-order valence-corrected chi connectivity index (χ4v) is 4.74. The molecule has 218 valence electrons. The lowest BCUT2D eigenvalue weighted by Crippen LogP contribution is -2.08. The molecule has 0 saturated heterocycles. The van der Waals surface area contributed by atoms with Crippen LogP contribution in [0.5, 0.6) is 0 Å². The Morgan fingerprint density at radius 2 is 1.14 bits per heavy atom. The van der Waals surface area contributed by atoms with Crippen LogP contribution in [0.1, 0.15) is 142 Å². The van der Waals surface area contributed by atoms with Gasteiger partial charge in [-0.2, -0.15) is 0 Å². The highest BCUT2D eigenvalue weighted by atomic mass is 16.6. The lowest BCUT2D eigenvalue weighted by Gasteiger charge is -2.12. The Hall–Kier alpha value is -1.11. The molecule has 1 heterocycles. The Balaban J connectivity index is 1.77. The molecule has 1 aliphatic rings. The SMILES string of the molecule is CCCCCCCCCC(O)CCCCCC(O)CCCCCOCCCCCOC1=CC(C)OC1=O. The van der Waals surface area contributed by atoms with Crippen molar-refractivity contribution in [1.82, 2.24) is 0 Å². The van der Waals surface area contributed by atoms with Crippen LogP contribution in [0.2, 0.25) is 0 Å². The second-order valence-corrected chi connectivity index (χ2v) is 10.9. The number of rotatable bonds is 27. The maximum absolute atomic E-state index is 11.4. The molecule has 3 atom stereocenters. The number of hydrogen-bond donors (Lipinski definition) is 2. The second kappa shape index (κ2) is 24.0. The summed E-state index contributed by atoms with van der Waals surface area (Å²) < 4.78 is 16.2. The topological polar surface area (TPSA) is 85.2 Å². The van der Waals surface area contributed by atoms with E-state index in [9.17, 15) is 15.0 Å². The molecular weight excluding hydrogens is 468 g/mol. The minimum Gasteiger partial charge on any atom is -0.487 e. The smallest absolute Gasteiger partial charge is 0.373 e. The number of carbonyl (C=O) groups excluding carboxylic acids is 1. The van der Waals surface area contributed by atoms with Gasteiger partial charge in [-0.05, 0) is 58.3 Å². The van der Waals surface area contributed by atoms with Gasteiger partial charge in [0, 0.05) is 19.3 Å². The molecule has 0 aliphatic carbocycles. The molecule has 1 rings (SSSR count). The first kappa shape index (κ1) is 33.9. The largest absolute Gasteiger partial charge is 0.487 e. The molecule has 1 aliphatic heterocycles. The molecule has 0 bridgehead atoms. The molecule has 0 aromatic rings. The average Bonchev–Trinajstić information content (AvgIpc) is 3.20. The van der Waals surface area contributed by atoms with Crippen LogP contribution in [0.3, 0.4) is 0 Å². The van der Waals surface area contributed by atoms with Gasteiger partial charge in [0.05, 0.1) is 18.8 Å². The van der Waals surface area contributed by atoms with Gasteiger partial charge in [0.25, 0.3) is 0 Å². The minimum atomic E-state index is -0.358. The summed E-state index contributed by atoms with van der Waals surface area (Å²) in [5, 5.41) is 20.3. The minimum absolute atomic E-state index is 0.136. The van der Waals surface area contributed by atoms with E-state index < -0.39 is 0 Å². The number of hydrogen-bond acceptors (Lipinski definition) is 6. The molecule has 0 aromatic heterocycles. The molecule has 37 heavy (non-hydrogen) atoms. The molecule has 0 saturated carbocycles. The predicted octanol–water partition coefficient (Wildman–Crippen LogP) is 7.39. The van der Waals surface area contributed by atoms with Crippen molar-refractivity contribution in [3.8, 4) is 0 Å². The van der Waals surface area contributed by atoms with E-state index in [1.807, 2.05) is 6.92 Å². The van der Waals surface area contributed by atoms with Crippen LogP contribution in [0.25, 0.3) is 0 Å². The third-order valence-electron chi connectivity index (χ3n) is 7.11. The van der Waals surface area contributed by atoms with Gasteiger partial charge in [-0.1, -0.05) is 84.0 Å². The monoisotopic (exact) mass is 526 g/mol. The Labute approximate surface area is 227 Å². The van der Waals surface area contributed by atoms with Crippen LogP contribution in [0, 0.1) is 0 Å². The summed E-state index contributed by atoms with van der Waals surface area (Å²) in [4.78, 5) is 11.4. The Kier molecular flexibility index (Phi) is 22.0. The van der Waals surface area contributed by atoms with Gasteiger partial charge in [0.1, 0.15) is 6.10 Å². The lowest BCUT2D eigenvalue weighted by molar-refractivity contribution is -0.142. The van der Waals surface area contributed by atoms with E-state index in [4.69, 9.17) is 14.2 Å². The standard InChI is InChI=1S/C31H58O6/c1-3-4-5-6-7-8-12-19-28(32)20-13-9-14-21-29(33)22-15-10-16-23-35-24-17-11-18-25-36-30-26-27(2)37-31(30)34/h26-29,32-33H,3-25H2,1-2H3. The number of aliphatic hydroxyl groups is 2. The zero-order valence-corrected chi connectivity index (χ0v) is 24.1. The molecule has 6 heteroatoms. The zero-order valence-electron chi connectivity index (χ0n) is 24.1. The van der Waals surface area contributed by atoms with Crippen molar-refractivity contribution in [1.29, 1.82) is 0 Å². The summed E-state index contributed by atoms with van der Waals surface area (Å²) in [6.07, 6.45) is 23.3. The van der Waals surface area contributed by atoms with Crippen molar-refractivity contribution < 1.29 is 29.2 Å². The van der Waals surface area contributed by atoms with E-state index in [0.717, 1.165) is 103 Å². The van der Waals surface area contributed by atoms with E-state index in [2.05, 4.69) is 6.92 Å². The van der Waals surface area contributed by atoms with Crippen LogP contribution in [-0.2, 0) is 19.0 Å². The maximum Gasteiger partial charge on any atom is 0.373 e.